The Kier molecular flexibility index (Phi) is 2.32. The van der Waals surface area contributed by atoms with E-state index in [0.717, 1.165) is 6.07 Å². The third-order valence-corrected chi connectivity index (χ3v) is 2.14. The topological polar surface area (TPSA) is 61.6 Å². The minimum absolute atomic E-state index is 0.0462. The highest BCUT2D eigenvalue weighted by atomic mass is 19.1. The molecule has 4 nitrogen and oxygen atoms in total. The van der Waals surface area contributed by atoms with Crippen molar-refractivity contribution in [3.63, 3.8) is 0 Å². The van der Waals surface area contributed by atoms with Gasteiger partial charge in [0.05, 0.1) is 11.6 Å². The van der Waals surface area contributed by atoms with E-state index < -0.39 is 17.6 Å². The Bertz CT molecular complexity index is 417. The standard InChI is InChI=1S/C10H10FNO3/c1-5(12)10(13)6-2-8-9(3-7(6)11)15-4-14-8/h2-3,5H,4,12H2,1H3. The maximum atomic E-state index is 13.4. The smallest absolute Gasteiger partial charge is 0.231 e. The molecular formula is C10H10FNO3. The Morgan fingerprint density at radius 1 is 1.47 bits per heavy atom. The Morgan fingerprint density at radius 2 is 2.07 bits per heavy atom. The molecule has 1 aliphatic heterocycles. The maximum absolute atomic E-state index is 13.4. The van der Waals surface area contributed by atoms with Crippen molar-refractivity contribution in [2.45, 2.75) is 13.0 Å². The van der Waals surface area contributed by atoms with E-state index in [2.05, 4.69) is 0 Å². The van der Waals surface area contributed by atoms with Crippen molar-refractivity contribution in [1.29, 1.82) is 0 Å². The van der Waals surface area contributed by atoms with Gasteiger partial charge in [0.2, 0.25) is 6.79 Å². The highest BCUT2D eigenvalue weighted by molar-refractivity contribution is 6.00. The van der Waals surface area contributed by atoms with Gasteiger partial charge >= 0.3 is 0 Å². The van der Waals surface area contributed by atoms with Crippen molar-refractivity contribution in [2.75, 3.05) is 6.79 Å². The molecule has 1 atom stereocenters. The number of nitrogens with two attached hydrogens (primary N) is 1. The summed E-state index contributed by atoms with van der Waals surface area (Å²) >= 11 is 0. The predicted octanol–water partition coefficient (Wildman–Crippen LogP) is 1.08. The Hall–Kier alpha value is -1.62. The first-order valence-corrected chi connectivity index (χ1v) is 4.48. The van der Waals surface area contributed by atoms with Gasteiger partial charge in [0, 0.05) is 6.07 Å². The number of hydrogen-bond acceptors (Lipinski definition) is 4. The molecule has 0 aliphatic carbocycles. The fourth-order valence-electron chi connectivity index (χ4n) is 1.35. The monoisotopic (exact) mass is 211 g/mol. The molecule has 0 fully saturated rings. The molecule has 1 aromatic carbocycles. The lowest BCUT2D eigenvalue weighted by molar-refractivity contribution is 0.0963. The summed E-state index contributed by atoms with van der Waals surface area (Å²) in [6.45, 7) is 1.55. The number of fused-ring (bicyclic) bond motifs is 1. The number of hydrogen-bond donors (Lipinski definition) is 1. The second kappa shape index (κ2) is 3.51. The Labute approximate surface area is 85.8 Å². The normalized spacial score (nSPS) is 15.1. The molecule has 0 radical (unpaired) electrons. The molecule has 1 heterocycles. The van der Waals surface area contributed by atoms with Gasteiger partial charge in [0.15, 0.2) is 17.3 Å². The van der Waals surface area contributed by atoms with E-state index in [-0.39, 0.29) is 12.4 Å². The number of ketones is 1. The molecule has 0 saturated heterocycles. The van der Waals surface area contributed by atoms with E-state index in [1.807, 2.05) is 0 Å². The van der Waals surface area contributed by atoms with Crippen LogP contribution in [0.5, 0.6) is 11.5 Å². The lowest BCUT2D eigenvalue weighted by Crippen LogP contribution is -2.27. The second-order valence-electron chi connectivity index (χ2n) is 3.34. The molecule has 5 heteroatoms. The summed E-state index contributed by atoms with van der Waals surface area (Å²) in [5.74, 6) is -0.401. The summed E-state index contributed by atoms with van der Waals surface area (Å²) < 4.78 is 23.5. The highest BCUT2D eigenvalue weighted by Gasteiger charge is 2.22. The molecule has 80 valence electrons. The van der Waals surface area contributed by atoms with Crippen LogP contribution in [0.3, 0.4) is 0 Å². The fraction of sp³-hybridized carbons (Fsp3) is 0.300. The third kappa shape index (κ3) is 1.66. The van der Waals surface area contributed by atoms with E-state index in [4.69, 9.17) is 15.2 Å². The molecule has 15 heavy (non-hydrogen) atoms. The molecule has 2 rings (SSSR count). The highest BCUT2D eigenvalue weighted by Crippen LogP contribution is 2.34. The lowest BCUT2D eigenvalue weighted by atomic mass is 10.0. The van der Waals surface area contributed by atoms with Crippen LogP contribution in [0.4, 0.5) is 4.39 Å². The zero-order chi connectivity index (χ0) is 11.0. The van der Waals surface area contributed by atoms with E-state index >= 15 is 0 Å². The first-order chi connectivity index (χ1) is 7.09. The molecular weight excluding hydrogens is 201 g/mol. The first kappa shape index (κ1) is 9.92. The number of Topliss-reactive ketones (excluding diaryl/α,β-unsaturated/α-hetero) is 1. The van der Waals surface area contributed by atoms with Crippen LogP contribution in [0.25, 0.3) is 0 Å². The van der Waals surface area contributed by atoms with Crippen molar-refractivity contribution in [2.24, 2.45) is 5.73 Å². The van der Waals surface area contributed by atoms with Gasteiger partial charge in [-0.05, 0) is 13.0 Å². The predicted molar refractivity (Wildman–Crippen MR) is 50.5 cm³/mol. The number of benzene rings is 1. The number of carbonyl (C=O) groups is 1. The first-order valence-electron chi connectivity index (χ1n) is 4.48. The fourth-order valence-corrected chi connectivity index (χ4v) is 1.35. The van der Waals surface area contributed by atoms with Gasteiger partial charge in [-0.25, -0.2) is 4.39 Å². The third-order valence-electron chi connectivity index (χ3n) is 2.14. The van der Waals surface area contributed by atoms with Crippen LogP contribution in [0.15, 0.2) is 12.1 Å². The summed E-state index contributed by atoms with van der Waals surface area (Å²) in [5, 5.41) is 0. The molecule has 0 bridgehead atoms. The summed E-state index contributed by atoms with van der Waals surface area (Å²) in [5.41, 5.74) is 5.33. The largest absolute Gasteiger partial charge is 0.454 e. The zero-order valence-electron chi connectivity index (χ0n) is 8.12. The van der Waals surface area contributed by atoms with Gasteiger partial charge in [0.25, 0.3) is 0 Å². The van der Waals surface area contributed by atoms with Crippen LogP contribution in [0.2, 0.25) is 0 Å². The summed E-state index contributed by atoms with van der Waals surface area (Å²) in [6, 6.07) is 1.72. The maximum Gasteiger partial charge on any atom is 0.231 e. The van der Waals surface area contributed by atoms with Gasteiger partial charge in [0.1, 0.15) is 5.82 Å². The van der Waals surface area contributed by atoms with Crippen LogP contribution < -0.4 is 15.2 Å². The van der Waals surface area contributed by atoms with Crippen molar-refractivity contribution in [3.05, 3.63) is 23.5 Å². The minimum Gasteiger partial charge on any atom is -0.454 e. The van der Waals surface area contributed by atoms with Gasteiger partial charge < -0.3 is 15.2 Å². The van der Waals surface area contributed by atoms with Gasteiger partial charge in [-0.3, -0.25) is 4.79 Å². The number of ether oxygens (including phenoxy) is 2. The molecule has 0 amide bonds. The minimum atomic E-state index is -0.736. The molecule has 1 aliphatic rings. The SMILES string of the molecule is CC(N)C(=O)c1cc2c(cc1F)OCO2. The van der Waals surface area contributed by atoms with Gasteiger partial charge in [-0.15, -0.1) is 0 Å². The van der Waals surface area contributed by atoms with Crippen molar-refractivity contribution in [3.8, 4) is 11.5 Å². The summed E-state index contributed by atoms with van der Waals surface area (Å²) in [6.07, 6.45) is 0. The van der Waals surface area contributed by atoms with Crippen LogP contribution >= 0.6 is 0 Å². The molecule has 2 N–H and O–H groups in total. The van der Waals surface area contributed by atoms with Gasteiger partial charge in [-0.1, -0.05) is 0 Å². The van der Waals surface area contributed by atoms with Crippen LogP contribution in [-0.2, 0) is 0 Å². The van der Waals surface area contributed by atoms with E-state index in [1.54, 1.807) is 0 Å². The van der Waals surface area contributed by atoms with E-state index in [9.17, 15) is 9.18 Å². The number of rotatable bonds is 2. The molecule has 1 aromatic rings. The number of carbonyl (C=O) groups excluding carboxylic acids is 1. The average molecular weight is 211 g/mol. The van der Waals surface area contributed by atoms with Gasteiger partial charge in [-0.2, -0.15) is 0 Å². The van der Waals surface area contributed by atoms with E-state index in [0.29, 0.717) is 11.5 Å². The van der Waals surface area contributed by atoms with Crippen molar-refractivity contribution in [1.82, 2.24) is 0 Å². The van der Waals surface area contributed by atoms with Crippen molar-refractivity contribution >= 4 is 5.78 Å². The van der Waals surface area contributed by atoms with Crippen LogP contribution in [0.1, 0.15) is 17.3 Å². The Balaban J connectivity index is 2.45. The lowest BCUT2D eigenvalue weighted by Gasteiger charge is -2.06. The van der Waals surface area contributed by atoms with E-state index in [1.165, 1.54) is 13.0 Å². The second-order valence-corrected chi connectivity index (χ2v) is 3.34. The van der Waals surface area contributed by atoms with Crippen LogP contribution in [-0.4, -0.2) is 18.6 Å². The molecule has 0 spiro atoms. The summed E-state index contributed by atoms with van der Waals surface area (Å²) in [7, 11) is 0. The summed E-state index contributed by atoms with van der Waals surface area (Å²) in [4.78, 5) is 11.5. The number of halogens is 1. The average Bonchev–Trinajstić information content (AvgIpc) is 2.62. The zero-order valence-corrected chi connectivity index (χ0v) is 8.12. The van der Waals surface area contributed by atoms with Crippen LogP contribution in [0, 0.1) is 5.82 Å². The quantitative estimate of drug-likeness (QED) is 0.743. The molecule has 1 unspecified atom stereocenters. The molecule has 0 aromatic heterocycles. The molecule has 0 saturated carbocycles. The van der Waals surface area contributed by atoms with Crippen molar-refractivity contribution < 1.29 is 18.7 Å². The Morgan fingerprint density at radius 3 is 2.67 bits per heavy atom.